The van der Waals surface area contributed by atoms with Crippen LogP contribution in [0.1, 0.15) is 60.4 Å². The number of aromatic nitrogens is 1. The molecule has 2 saturated heterocycles. The van der Waals surface area contributed by atoms with Gasteiger partial charge in [0, 0.05) is 43.0 Å². The van der Waals surface area contributed by atoms with Crippen molar-refractivity contribution in [3.63, 3.8) is 0 Å². The van der Waals surface area contributed by atoms with E-state index in [2.05, 4.69) is 11.1 Å². The first-order valence-electron chi connectivity index (χ1n) is 11.3. The lowest BCUT2D eigenvalue weighted by molar-refractivity contribution is -0.134. The number of benzene rings is 1. The number of amides is 2. The minimum atomic E-state index is -0.321. The van der Waals surface area contributed by atoms with E-state index in [0.29, 0.717) is 17.4 Å². The van der Waals surface area contributed by atoms with Crippen LogP contribution in [0, 0.1) is 5.92 Å². The predicted molar refractivity (Wildman–Crippen MR) is 115 cm³/mol. The van der Waals surface area contributed by atoms with Crippen molar-refractivity contribution in [3.8, 4) is 0 Å². The van der Waals surface area contributed by atoms with Gasteiger partial charge < -0.3 is 9.80 Å². The Bertz CT molecular complexity index is 901. The maximum Gasteiger partial charge on any atom is 0.254 e. The molecule has 30 heavy (non-hydrogen) atoms. The lowest BCUT2D eigenvalue weighted by Gasteiger charge is -2.34. The minimum Gasteiger partial charge on any atom is -0.340 e. The second kappa shape index (κ2) is 8.21. The van der Waals surface area contributed by atoms with Crippen LogP contribution in [0.2, 0.25) is 0 Å². The summed E-state index contributed by atoms with van der Waals surface area (Å²) >= 11 is 0. The van der Waals surface area contributed by atoms with E-state index in [1.165, 1.54) is 12.0 Å². The maximum absolute atomic E-state index is 13.6. The van der Waals surface area contributed by atoms with Crippen molar-refractivity contribution in [2.75, 3.05) is 13.1 Å². The van der Waals surface area contributed by atoms with E-state index in [1.807, 2.05) is 52.4 Å². The summed E-state index contributed by atoms with van der Waals surface area (Å²) in [7, 11) is 0. The van der Waals surface area contributed by atoms with Crippen LogP contribution in [0.3, 0.4) is 0 Å². The molecule has 4 atom stereocenters. The highest BCUT2D eigenvalue weighted by Crippen LogP contribution is 2.41. The summed E-state index contributed by atoms with van der Waals surface area (Å²) in [6, 6.07) is 13.4. The number of nitrogens with zero attached hydrogens (tertiary/aromatic N) is 3. The van der Waals surface area contributed by atoms with E-state index in [4.69, 9.17) is 0 Å². The van der Waals surface area contributed by atoms with Crippen LogP contribution in [-0.2, 0) is 4.79 Å². The average molecular weight is 404 g/mol. The molecule has 1 saturated carbocycles. The van der Waals surface area contributed by atoms with Gasteiger partial charge in [0.25, 0.3) is 5.91 Å². The van der Waals surface area contributed by atoms with E-state index < -0.39 is 0 Å². The molecule has 2 aliphatic heterocycles. The molecule has 1 aromatic carbocycles. The molecule has 5 rings (SSSR count). The summed E-state index contributed by atoms with van der Waals surface area (Å²) in [6.07, 6.45) is 9.98. The van der Waals surface area contributed by atoms with Gasteiger partial charge >= 0.3 is 0 Å². The second-order valence-electron chi connectivity index (χ2n) is 9.00. The van der Waals surface area contributed by atoms with E-state index in [0.717, 1.165) is 45.2 Å². The smallest absolute Gasteiger partial charge is 0.254 e. The Morgan fingerprint density at radius 2 is 1.80 bits per heavy atom. The fourth-order valence-electron chi connectivity index (χ4n) is 5.76. The molecule has 3 fully saturated rings. The second-order valence-corrected chi connectivity index (χ2v) is 9.00. The summed E-state index contributed by atoms with van der Waals surface area (Å²) < 4.78 is 0. The van der Waals surface area contributed by atoms with Crippen LogP contribution in [0.5, 0.6) is 0 Å². The normalized spacial score (nSPS) is 28.4. The summed E-state index contributed by atoms with van der Waals surface area (Å²) in [5.41, 5.74) is 1.89. The molecular formula is C25H29N3O2. The molecule has 0 bridgehead atoms. The summed E-state index contributed by atoms with van der Waals surface area (Å²) in [6.45, 7) is 1.49. The van der Waals surface area contributed by atoms with Crippen LogP contribution >= 0.6 is 0 Å². The zero-order valence-electron chi connectivity index (χ0n) is 17.3. The third-order valence-corrected chi connectivity index (χ3v) is 7.28. The average Bonchev–Trinajstić information content (AvgIpc) is 3.45. The van der Waals surface area contributed by atoms with Crippen LogP contribution in [0.25, 0.3) is 0 Å². The van der Waals surface area contributed by atoms with Gasteiger partial charge in [-0.2, -0.15) is 0 Å². The van der Waals surface area contributed by atoms with Gasteiger partial charge in [0.15, 0.2) is 0 Å². The van der Waals surface area contributed by atoms with Gasteiger partial charge in [0.05, 0.1) is 0 Å². The first-order chi connectivity index (χ1) is 14.7. The van der Waals surface area contributed by atoms with Gasteiger partial charge in [0.1, 0.15) is 6.04 Å². The van der Waals surface area contributed by atoms with Crippen LogP contribution < -0.4 is 0 Å². The summed E-state index contributed by atoms with van der Waals surface area (Å²) in [5, 5.41) is 0. The SMILES string of the molecule is O=C([C@@H]1C[C@@H]2CCCC[C@@H]2N1C(=O)c1ccccc1)N1CCC(c2cccnc2)C1. The first kappa shape index (κ1) is 19.3. The number of fused-ring (bicyclic) bond motifs is 1. The van der Waals surface area contributed by atoms with Crippen molar-refractivity contribution in [1.29, 1.82) is 0 Å². The Morgan fingerprint density at radius 1 is 0.967 bits per heavy atom. The zero-order chi connectivity index (χ0) is 20.5. The monoisotopic (exact) mass is 403 g/mol. The van der Waals surface area contributed by atoms with Crippen molar-refractivity contribution >= 4 is 11.8 Å². The largest absolute Gasteiger partial charge is 0.340 e. The standard InChI is InChI=1S/C25H29N3O2/c29-24(18-7-2-1-3-8-18)28-22-11-5-4-9-19(22)15-23(28)25(30)27-14-12-21(17-27)20-10-6-13-26-16-20/h1-3,6-8,10,13,16,19,21-23H,4-5,9,11-12,14-15,17H2/t19-,21?,22-,23-/m0/s1. The predicted octanol–water partition coefficient (Wildman–Crippen LogP) is 3.87. The lowest BCUT2D eigenvalue weighted by atomic mass is 9.84. The van der Waals surface area contributed by atoms with Gasteiger partial charge in [-0.1, -0.05) is 37.1 Å². The highest BCUT2D eigenvalue weighted by molar-refractivity contribution is 5.98. The lowest BCUT2D eigenvalue weighted by Crippen LogP contribution is -2.50. The number of hydrogen-bond acceptors (Lipinski definition) is 3. The quantitative estimate of drug-likeness (QED) is 0.782. The molecule has 0 spiro atoms. The van der Waals surface area contributed by atoms with Crippen molar-refractivity contribution < 1.29 is 9.59 Å². The van der Waals surface area contributed by atoms with Crippen LogP contribution in [0.15, 0.2) is 54.9 Å². The van der Waals surface area contributed by atoms with Crippen molar-refractivity contribution in [2.45, 2.75) is 56.5 Å². The molecule has 2 aromatic rings. The molecule has 1 aliphatic carbocycles. The van der Waals surface area contributed by atoms with Crippen molar-refractivity contribution in [3.05, 3.63) is 66.0 Å². The Morgan fingerprint density at radius 3 is 2.60 bits per heavy atom. The molecule has 0 N–H and O–H groups in total. The molecule has 3 aliphatic rings. The number of likely N-dealkylation sites (tertiary alicyclic amines) is 2. The highest BCUT2D eigenvalue weighted by atomic mass is 16.2. The molecule has 1 unspecified atom stereocenters. The molecule has 5 nitrogen and oxygen atoms in total. The Balaban J connectivity index is 1.37. The molecule has 1 aromatic heterocycles. The molecule has 2 amide bonds. The van der Waals surface area contributed by atoms with Gasteiger partial charge in [0.2, 0.25) is 5.91 Å². The Kier molecular flexibility index (Phi) is 5.28. The summed E-state index contributed by atoms with van der Waals surface area (Å²) in [4.78, 5) is 35.3. The number of carbonyl (C=O) groups excluding carboxylic acids is 2. The zero-order valence-corrected chi connectivity index (χ0v) is 17.3. The molecular weight excluding hydrogens is 374 g/mol. The highest BCUT2D eigenvalue weighted by Gasteiger charge is 2.49. The van der Waals surface area contributed by atoms with E-state index in [-0.39, 0.29) is 23.9 Å². The van der Waals surface area contributed by atoms with Crippen molar-refractivity contribution in [2.24, 2.45) is 5.92 Å². The number of pyridine rings is 1. The van der Waals surface area contributed by atoms with E-state index in [9.17, 15) is 9.59 Å². The van der Waals surface area contributed by atoms with Gasteiger partial charge in [-0.25, -0.2) is 0 Å². The van der Waals surface area contributed by atoms with E-state index in [1.54, 1.807) is 6.20 Å². The number of carbonyl (C=O) groups is 2. The molecule has 156 valence electrons. The molecule has 5 heteroatoms. The third-order valence-electron chi connectivity index (χ3n) is 7.28. The van der Waals surface area contributed by atoms with Gasteiger partial charge in [-0.05, 0) is 55.4 Å². The van der Waals surface area contributed by atoms with Crippen LogP contribution in [0.4, 0.5) is 0 Å². The molecule has 3 heterocycles. The fourth-order valence-corrected chi connectivity index (χ4v) is 5.76. The number of rotatable bonds is 3. The van der Waals surface area contributed by atoms with E-state index >= 15 is 0 Å². The fraction of sp³-hybridized carbons (Fsp3) is 0.480. The first-order valence-corrected chi connectivity index (χ1v) is 11.3. The van der Waals surface area contributed by atoms with Crippen LogP contribution in [-0.4, -0.2) is 51.8 Å². The Hall–Kier alpha value is -2.69. The molecule has 0 radical (unpaired) electrons. The number of hydrogen-bond donors (Lipinski definition) is 0. The van der Waals surface area contributed by atoms with Gasteiger partial charge in [-0.15, -0.1) is 0 Å². The maximum atomic E-state index is 13.6. The topological polar surface area (TPSA) is 53.5 Å². The third kappa shape index (κ3) is 3.51. The summed E-state index contributed by atoms with van der Waals surface area (Å²) in [5.74, 6) is 0.952. The van der Waals surface area contributed by atoms with Gasteiger partial charge in [-0.3, -0.25) is 14.6 Å². The Labute approximate surface area is 178 Å². The van der Waals surface area contributed by atoms with Crippen molar-refractivity contribution in [1.82, 2.24) is 14.8 Å². The minimum absolute atomic E-state index is 0.0198.